The summed E-state index contributed by atoms with van der Waals surface area (Å²) in [7, 11) is 0. The van der Waals surface area contributed by atoms with Crippen LogP contribution in [0.4, 0.5) is 4.79 Å². The molecule has 1 rings (SSSR count). The highest BCUT2D eigenvalue weighted by Gasteiger charge is 2.25. The van der Waals surface area contributed by atoms with E-state index >= 15 is 0 Å². The summed E-state index contributed by atoms with van der Waals surface area (Å²) in [4.78, 5) is 24.8. The molecule has 0 aromatic heterocycles. The molecule has 5 nitrogen and oxygen atoms in total. The molecule has 0 N–H and O–H groups in total. The number of ether oxygens (including phenoxy) is 2. The van der Waals surface area contributed by atoms with E-state index in [1.807, 2.05) is 26.8 Å². The van der Waals surface area contributed by atoms with Gasteiger partial charge in [-0.1, -0.05) is 18.2 Å². The Bertz CT molecular complexity index is 426. The van der Waals surface area contributed by atoms with Gasteiger partial charge in [0.15, 0.2) is 0 Å². The summed E-state index contributed by atoms with van der Waals surface area (Å²) in [5.41, 5.74) is -0.453. The van der Waals surface area contributed by atoms with Crippen LogP contribution in [0.2, 0.25) is 0 Å². The van der Waals surface area contributed by atoms with Crippen LogP contribution >= 0.6 is 0 Å². The first-order chi connectivity index (χ1) is 10.3. The highest BCUT2D eigenvalue weighted by molar-refractivity contribution is 5.82. The number of nitrogens with zero attached hydrogens (tertiary/aromatic N) is 1. The fourth-order valence-corrected chi connectivity index (χ4v) is 2.15. The smallest absolute Gasteiger partial charge is 0.410 e. The summed E-state index contributed by atoms with van der Waals surface area (Å²) in [6.45, 7) is 9.18. The third kappa shape index (κ3) is 7.29. The number of carbonyl (C=O) groups excluding carboxylic acids is 2. The van der Waals surface area contributed by atoms with Crippen molar-refractivity contribution in [3.8, 4) is 0 Å². The van der Waals surface area contributed by atoms with Gasteiger partial charge in [0.05, 0.1) is 6.61 Å². The molecule has 1 aliphatic rings. The minimum Gasteiger partial charge on any atom is -0.463 e. The number of hydrogen-bond donors (Lipinski definition) is 0. The van der Waals surface area contributed by atoms with E-state index in [1.165, 1.54) is 6.08 Å². The van der Waals surface area contributed by atoms with Crippen LogP contribution in [-0.2, 0) is 14.3 Å². The Morgan fingerprint density at radius 3 is 2.36 bits per heavy atom. The van der Waals surface area contributed by atoms with Gasteiger partial charge in [-0.3, -0.25) is 0 Å². The summed E-state index contributed by atoms with van der Waals surface area (Å²) >= 11 is 0. The molecular formula is C17H27NO4. The number of amides is 1. The highest BCUT2D eigenvalue weighted by atomic mass is 16.6. The van der Waals surface area contributed by atoms with Crippen LogP contribution in [0.25, 0.3) is 0 Å². The lowest BCUT2D eigenvalue weighted by atomic mass is 9.96. The number of piperidine rings is 1. The van der Waals surface area contributed by atoms with Gasteiger partial charge in [-0.15, -0.1) is 0 Å². The summed E-state index contributed by atoms with van der Waals surface area (Å²) in [6, 6.07) is 0. The molecule has 5 heteroatoms. The monoisotopic (exact) mass is 309 g/mol. The molecule has 0 radical (unpaired) electrons. The molecule has 0 aliphatic carbocycles. The molecule has 0 atom stereocenters. The maximum Gasteiger partial charge on any atom is 0.410 e. The van der Waals surface area contributed by atoms with E-state index in [4.69, 9.17) is 9.47 Å². The second kappa shape index (κ2) is 8.61. The summed E-state index contributed by atoms with van der Waals surface area (Å²) in [5, 5.41) is 0. The number of hydrogen-bond acceptors (Lipinski definition) is 4. The second-order valence-corrected chi connectivity index (χ2v) is 6.30. The lowest BCUT2D eigenvalue weighted by Gasteiger charge is -2.32. The van der Waals surface area contributed by atoms with Crippen LogP contribution in [0.1, 0.15) is 40.5 Å². The third-order valence-electron chi connectivity index (χ3n) is 3.20. The molecule has 1 fully saturated rings. The third-order valence-corrected chi connectivity index (χ3v) is 3.20. The second-order valence-electron chi connectivity index (χ2n) is 6.30. The lowest BCUT2D eigenvalue weighted by Crippen LogP contribution is -2.41. The van der Waals surface area contributed by atoms with E-state index in [-0.39, 0.29) is 12.1 Å². The fourth-order valence-electron chi connectivity index (χ4n) is 2.15. The van der Waals surface area contributed by atoms with Crippen LogP contribution in [-0.4, -0.2) is 42.3 Å². The van der Waals surface area contributed by atoms with Crippen molar-refractivity contribution in [2.45, 2.75) is 46.1 Å². The molecule has 1 amide bonds. The number of esters is 1. The van der Waals surface area contributed by atoms with Crippen molar-refractivity contribution in [2.24, 2.45) is 5.92 Å². The summed E-state index contributed by atoms with van der Waals surface area (Å²) < 4.78 is 10.2. The van der Waals surface area contributed by atoms with E-state index in [9.17, 15) is 9.59 Å². The van der Waals surface area contributed by atoms with Crippen LogP contribution in [0.3, 0.4) is 0 Å². The fraction of sp³-hybridized carbons (Fsp3) is 0.647. The molecule has 0 bridgehead atoms. The molecule has 0 aromatic rings. The van der Waals surface area contributed by atoms with E-state index in [2.05, 4.69) is 6.08 Å². The first-order valence-corrected chi connectivity index (χ1v) is 7.81. The topological polar surface area (TPSA) is 55.8 Å². The van der Waals surface area contributed by atoms with Crippen molar-refractivity contribution in [2.75, 3.05) is 19.7 Å². The van der Waals surface area contributed by atoms with Gasteiger partial charge in [-0.05, 0) is 46.5 Å². The summed E-state index contributed by atoms with van der Waals surface area (Å²) in [6.07, 6.45) is 8.62. The number of allylic oxidation sites excluding steroid dienone is 3. The molecule has 0 aromatic carbocycles. The van der Waals surface area contributed by atoms with Gasteiger partial charge in [0.1, 0.15) is 5.60 Å². The zero-order chi connectivity index (χ0) is 16.6. The maximum absolute atomic E-state index is 11.9. The molecule has 0 saturated carbocycles. The average Bonchev–Trinajstić information content (AvgIpc) is 2.43. The van der Waals surface area contributed by atoms with Gasteiger partial charge >= 0.3 is 12.1 Å². The molecule has 22 heavy (non-hydrogen) atoms. The van der Waals surface area contributed by atoms with Crippen molar-refractivity contribution < 1.29 is 19.1 Å². The quantitative estimate of drug-likeness (QED) is 0.454. The van der Waals surface area contributed by atoms with Crippen molar-refractivity contribution in [1.82, 2.24) is 4.90 Å². The molecule has 1 aliphatic heterocycles. The number of rotatable bonds is 4. The van der Waals surface area contributed by atoms with Crippen molar-refractivity contribution in [3.63, 3.8) is 0 Å². The Balaban J connectivity index is 2.33. The Morgan fingerprint density at radius 1 is 1.18 bits per heavy atom. The first-order valence-electron chi connectivity index (χ1n) is 7.81. The molecule has 124 valence electrons. The Hall–Kier alpha value is -1.78. The molecule has 0 spiro atoms. The normalized spacial score (nSPS) is 17.2. The highest BCUT2D eigenvalue weighted by Crippen LogP contribution is 2.20. The lowest BCUT2D eigenvalue weighted by molar-refractivity contribution is -0.137. The average molecular weight is 309 g/mol. The molecule has 0 unspecified atom stereocenters. The van der Waals surface area contributed by atoms with Crippen molar-refractivity contribution in [1.29, 1.82) is 0 Å². The predicted molar refractivity (Wildman–Crippen MR) is 85.4 cm³/mol. The molecule has 1 saturated heterocycles. The minimum atomic E-state index is -0.453. The van der Waals surface area contributed by atoms with Crippen LogP contribution < -0.4 is 0 Å². The predicted octanol–water partition coefficient (Wildman–Crippen LogP) is 3.31. The van der Waals surface area contributed by atoms with Gasteiger partial charge < -0.3 is 14.4 Å². The van der Waals surface area contributed by atoms with Gasteiger partial charge in [0, 0.05) is 19.2 Å². The first kappa shape index (κ1) is 18.3. The zero-order valence-corrected chi connectivity index (χ0v) is 14.0. The van der Waals surface area contributed by atoms with Gasteiger partial charge in [-0.25, -0.2) is 9.59 Å². The maximum atomic E-state index is 11.9. The number of likely N-dealkylation sites (tertiary alicyclic amines) is 1. The minimum absolute atomic E-state index is 0.239. The van der Waals surface area contributed by atoms with Gasteiger partial charge in [-0.2, -0.15) is 0 Å². The van der Waals surface area contributed by atoms with Crippen molar-refractivity contribution >= 4 is 12.1 Å². The summed E-state index contributed by atoms with van der Waals surface area (Å²) in [5.74, 6) is 0.0948. The van der Waals surface area contributed by atoms with E-state index in [0.29, 0.717) is 25.6 Å². The van der Waals surface area contributed by atoms with Gasteiger partial charge in [0.2, 0.25) is 0 Å². The van der Waals surface area contributed by atoms with Gasteiger partial charge in [0.25, 0.3) is 0 Å². The number of carbonyl (C=O) groups is 2. The SMILES string of the molecule is CCOC(=O)/C=C/C=C/C1CCN(C(=O)OC(C)(C)C)CC1. The molecule has 1 heterocycles. The standard InChI is InChI=1S/C17H27NO4/c1-5-21-15(19)9-7-6-8-14-10-12-18(13-11-14)16(20)22-17(2,3)4/h6-9,14H,5,10-13H2,1-4H3/b8-6+,9-7+. The Morgan fingerprint density at radius 2 is 1.82 bits per heavy atom. The van der Waals surface area contributed by atoms with Crippen LogP contribution in [0, 0.1) is 5.92 Å². The molecular weight excluding hydrogens is 282 g/mol. The van der Waals surface area contributed by atoms with Crippen LogP contribution in [0.15, 0.2) is 24.3 Å². The zero-order valence-electron chi connectivity index (χ0n) is 14.0. The van der Waals surface area contributed by atoms with Crippen LogP contribution in [0.5, 0.6) is 0 Å². The Kier molecular flexibility index (Phi) is 7.15. The largest absolute Gasteiger partial charge is 0.463 e. The van der Waals surface area contributed by atoms with E-state index < -0.39 is 5.60 Å². The van der Waals surface area contributed by atoms with E-state index in [0.717, 1.165) is 12.8 Å². The Labute approximate surface area is 133 Å². The van der Waals surface area contributed by atoms with E-state index in [1.54, 1.807) is 17.9 Å². The van der Waals surface area contributed by atoms with Crippen molar-refractivity contribution in [3.05, 3.63) is 24.3 Å².